The fraction of sp³-hybridized carbons (Fsp3) is 0.133. The lowest BCUT2D eigenvalue weighted by Gasteiger charge is -2.12. The van der Waals surface area contributed by atoms with Gasteiger partial charge in [0.1, 0.15) is 0 Å². The zero-order chi connectivity index (χ0) is 13.7. The Labute approximate surface area is 112 Å². The molecule has 2 aromatic carbocycles. The van der Waals surface area contributed by atoms with Gasteiger partial charge in [0.25, 0.3) is 0 Å². The average molecular weight is 256 g/mol. The number of anilines is 2. The summed E-state index contributed by atoms with van der Waals surface area (Å²) < 4.78 is 5.19. The van der Waals surface area contributed by atoms with Crippen molar-refractivity contribution in [3.8, 4) is 5.75 Å². The molecule has 19 heavy (non-hydrogen) atoms. The van der Waals surface area contributed by atoms with Gasteiger partial charge in [-0.1, -0.05) is 36.4 Å². The Morgan fingerprint density at radius 2 is 1.89 bits per heavy atom. The summed E-state index contributed by atoms with van der Waals surface area (Å²) in [5.74, 6) is 0.388. The van der Waals surface area contributed by atoms with Gasteiger partial charge in [-0.2, -0.15) is 0 Å². The molecule has 0 radical (unpaired) electrons. The minimum Gasteiger partial charge on any atom is -0.492 e. The Morgan fingerprint density at radius 1 is 1.16 bits per heavy atom. The molecule has 2 aromatic rings. The molecule has 0 aliphatic carbocycles. The second-order valence-electron chi connectivity index (χ2n) is 4.14. The van der Waals surface area contributed by atoms with Crippen LogP contribution in [-0.2, 0) is 11.2 Å². The number of nitrogens with two attached hydrogens (primary N) is 1. The maximum absolute atomic E-state index is 12.0. The van der Waals surface area contributed by atoms with Crippen molar-refractivity contribution < 1.29 is 9.53 Å². The predicted molar refractivity (Wildman–Crippen MR) is 76.2 cm³/mol. The van der Waals surface area contributed by atoms with Crippen LogP contribution in [0.25, 0.3) is 0 Å². The first kappa shape index (κ1) is 13.0. The van der Waals surface area contributed by atoms with Gasteiger partial charge in [-0.05, 0) is 17.7 Å². The van der Waals surface area contributed by atoms with E-state index in [1.165, 1.54) is 7.11 Å². The Balaban J connectivity index is 2.09. The largest absolute Gasteiger partial charge is 0.492 e. The van der Waals surface area contributed by atoms with E-state index in [-0.39, 0.29) is 5.91 Å². The monoisotopic (exact) mass is 256 g/mol. The van der Waals surface area contributed by atoms with Crippen molar-refractivity contribution in [2.45, 2.75) is 6.42 Å². The molecule has 0 fully saturated rings. The lowest BCUT2D eigenvalue weighted by atomic mass is 10.1. The standard InChI is InChI=1S/C15H16N2O2/c1-19-15-12(16)8-5-9-13(15)17-14(18)10-11-6-3-2-4-7-11/h2-9H,10,16H2,1H3,(H,17,18). The molecule has 0 bridgehead atoms. The highest BCUT2D eigenvalue weighted by atomic mass is 16.5. The maximum Gasteiger partial charge on any atom is 0.228 e. The van der Waals surface area contributed by atoms with Crippen LogP contribution in [0.2, 0.25) is 0 Å². The normalized spacial score (nSPS) is 9.95. The summed E-state index contributed by atoms with van der Waals surface area (Å²) in [5, 5.41) is 2.81. The topological polar surface area (TPSA) is 64.3 Å². The van der Waals surface area contributed by atoms with Crippen LogP contribution < -0.4 is 15.8 Å². The molecular weight excluding hydrogens is 240 g/mol. The second-order valence-corrected chi connectivity index (χ2v) is 4.14. The van der Waals surface area contributed by atoms with Gasteiger partial charge in [0, 0.05) is 0 Å². The number of carbonyl (C=O) groups excluding carboxylic acids is 1. The van der Waals surface area contributed by atoms with E-state index in [0.717, 1.165) is 5.56 Å². The van der Waals surface area contributed by atoms with Crippen molar-refractivity contribution in [1.82, 2.24) is 0 Å². The number of hydrogen-bond acceptors (Lipinski definition) is 3. The predicted octanol–water partition coefficient (Wildman–Crippen LogP) is 2.46. The maximum atomic E-state index is 12.0. The Morgan fingerprint density at radius 3 is 2.58 bits per heavy atom. The number of ether oxygens (including phenoxy) is 1. The van der Waals surface area contributed by atoms with Crippen molar-refractivity contribution in [1.29, 1.82) is 0 Å². The average Bonchev–Trinajstić information content (AvgIpc) is 2.40. The molecule has 98 valence electrons. The molecule has 0 saturated carbocycles. The second kappa shape index (κ2) is 5.91. The number of amides is 1. The minimum absolute atomic E-state index is 0.102. The highest BCUT2D eigenvalue weighted by Gasteiger charge is 2.10. The molecule has 1 amide bonds. The smallest absolute Gasteiger partial charge is 0.228 e. The molecule has 0 atom stereocenters. The summed E-state index contributed by atoms with van der Waals surface area (Å²) in [7, 11) is 1.53. The molecule has 4 nitrogen and oxygen atoms in total. The van der Waals surface area contributed by atoms with Crippen LogP contribution in [-0.4, -0.2) is 13.0 Å². The quantitative estimate of drug-likeness (QED) is 0.826. The molecule has 0 heterocycles. The third-order valence-electron chi connectivity index (χ3n) is 2.73. The lowest BCUT2D eigenvalue weighted by Crippen LogP contribution is -2.15. The molecule has 4 heteroatoms. The fourth-order valence-electron chi connectivity index (χ4n) is 1.86. The van der Waals surface area contributed by atoms with Gasteiger partial charge >= 0.3 is 0 Å². The van der Waals surface area contributed by atoms with E-state index in [2.05, 4.69) is 5.32 Å². The Bertz CT molecular complexity index is 568. The Kier molecular flexibility index (Phi) is 4.03. The molecule has 0 spiro atoms. The first-order chi connectivity index (χ1) is 9.20. The summed E-state index contributed by atoms with van der Waals surface area (Å²) in [4.78, 5) is 12.0. The number of para-hydroxylation sites is 1. The number of carbonyl (C=O) groups is 1. The summed E-state index contributed by atoms with van der Waals surface area (Å²) in [6.45, 7) is 0. The van der Waals surface area contributed by atoms with Crippen LogP contribution in [0.3, 0.4) is 0 Å². The molecule has 0 aliphatic rings. The van der Waals surface area contributed by atoms with Crippen molar-refractivity contribution >= 4 is 17.3 Å². The molecular formula is C15H16N2O2. The number of methoxy groups -OCH3 is 1. The van der Waals surface area contributed by atoms with Crippen LogP contribution in [0.4, 0.5) is 11.4 Å². The number of benzene rings is 2. The highest BCUT2D eigenvalue weighted by Crippen LogP contribution is 2.30. The molecule has 0 aliphatic heterocycles. The number of nitrogens with one attached hydrogen (secondary N) is 1. The molecule has 2 rings (SSSR count). The van der Waals surface area contributed by atoms with Gasteiger partial charge in [0.05, 0.1) is 24.9 Å². The zero-order valence-corrected chi connectivity index (χ0v) is 10.7. The summed E-state index contributed by atoms with van der Waals surface area (Å²) >= 11 is 0. The van der Waals surface area contributed by atoms with E-state index in [0.29, 0.717) is 23.5 Å². The number of nitrogen functional groups attached to an aromatic ring is 1. The van der Waals surface area contributed by atoms with Gasteiger partial charge in [0.2, 0.25) is 5.91 Å². The van der Waals surface area contributed by atoms with E-state index < -0.39 is 0 Å². The summed E-state index contributed by atoms with van der Waals surface area (Å²) in [6, 6.07) is 14.8. The molecule has 0 saturated heterocycles. The van der Waals surface area contributed by atoms with Crippen LogP contribution in [0.15, 0.2) is 48.5 Å². The highest BCUT2D eigenvalue weighted by molar-refractivity contribution is 5.94. The first-order valence-electron chi connectivity index (χ1n) is 5.97. The molecule has 0 aromatic heterocycles. The van der Waals surface area contributed by atoms with E-state index in [9.17, 15) is 4.79 Å². The third kappa shape index (κ3) is 3.25. The van der Waals surface area contributed by atoms with Crippen LogP contribution >= 0.6 is 0 Å². The van der Waals surface area contributed by atoms with Gasteiger partial charge in [0.15, 0.2) is 5.75 Å². The van der Waals surface area contributed by atoms with Crippen molar-refractivity contribution in [2.24, 2.45) is 0 Å². The number of hydrogen-bond donors (Lipinski definition) is 2. The third-order valence-corrected chi connectivity index (χ3v) is 2.73. The zero-order valence-electron chi connectivity index (χ0n) is 10.7. The van der Waals surface area contributed by atoms with Crippen molar-refractivity contribution in [3.63, 3.8) is 0 Å². The van der Waals surface area contributed by atoms with E-state index in [1.807, 2.05) is 30.3 Å². The molecule has 3 N–H and O–H groups in total. The first-order valence-corrected chi connectivity index (χ1v) is 5.97. The van der Waals surface area contributed by atoms with E-state index in [4.69, 9.17) is 10.5 Å². The van der Waals surface area contributed by atoms with Crippen LogP contribution in [0.1, 0.15) is 5.56 Å². The molecule has 0 unspecified atom stereocenters. The fourth-order valence-corrected chi connectivity index (χ4v) is 1.86. The van der Waals surface area contributed by atoms with E-state index >= 15 is 0 Å². The van der Waals surface area contributed by atoms with Crippen molar-refractivity contribution in [2.75, 3.05) is 18.2 Å². The summed E-state index contributed by atoms with van der Waals surface area (Å²) in [5.41, 5.74) is 7.83. The van der Waals surface area contributed by atoms with E-state index in [1.54, 1.807) is 18.2 Å². The van der Waals surface area contributed by atoms with Crippen LogP contribution in [0.5, 0.6) is 5.75 Å². The minimum atomic E-state index is -0.102. The van der Waals surface area contributed by atoms with Gasteiger partial charge in [-0.15, -0.1) is 0 Å². The summed E-state index contributed by atoms with van der Waals surface area (Å²) in [6.07, 6.45) is 0.318. The van der Waals surface area contributed by atoms with Gasteiger partial charge < -0.3 is 15.8 Å². The number of rotatable bonds is 4. The Hall–Kier alpha value is -2.49. The lowest BCUT2D eigenvalue weighted by molar-refractivity contribution is -0.115. The SMILES string of the molecule is COc1c(N)cccc1NC(=O)Cc1ccccc1. The van der Waals surface area contributed by atoms with Crippen molar-refractivity contribution in [3.05, 3.63) is 54.1 Å². The van der Waals surface area contributed by atoms with Gasteiger partial charge in [-0.3, -0.25) is 4.79 Å². The van der Waals surface area contributed by atoms with Crippen LogP contribution in [0, 0.1) is 0 Å². The van der Waals surface area contributed by atoms with Gasteiger partial charge in [-0.25, -0.2) is 0 Å².